The van der Waals surface area contributed by atoms with Crippen LogP contribution in [0.4, 0.5) is 0 Å². The summed E-state index contributed by atoms with van der Waals surface area (Å²) in [7, 11) is 0.162. The highest BCUT2D eigenvalue weighted by atomic mass is 28.3. The summed E-state index contributed by atoms with van der Waals surface area (Å²) >= 11 is 0. The Balaban J connectivity index is 2.65. The Hall–Kier alpha value is -1.28. The van der Waals surface area contributed by atoms with Gasteiger partial charge < -0.3 is 4.74 Å². The maximum Gasteiger partial charge on any atom is 0.121 e. The van der Waals surface area contributed by atoms with E-state index in [4.69, 9.17) is 4.74 Å². The maximum atomic E-state index is 5.89. The number of aryl methyl sites for hydroxylation is 1. The Morgan fingerprint density at radius 1 is 1.05 bits per heavy atom. The van der Waals surface area contributed by atoms with E-state index in [2.05, 4.69) is 77.2 Å². The Bertz CT molecular complexity index is 576. The lowest BCUT2D eigenvalue weighted by molar-refractivity contribution is 0.400. The van der Waals surface area contributed by atoms with Crippen LogP contribution >= 0.6 is 0 Å². The average Bonchev–Trinajstić information content (AvgIpc) is 2.91. The van der Waals surface area contributed by atoms with E-state index in [0.717, 1.165) is 5.75 Å². The van der Waals surface area contributed by atoms with Crippen molar-refractivity contribution < 1.29 is 4.74 Å². The number of ether oxygens (including phenoxy) is 1. The van der Waals surface area contributed by atoms with Crippen LogP contribution < -0.4 is 9.92 Å². The molecule has 1 aliphatic carbocycles. The van der Waals surface area contributed by atoms with Crippen molar-refractivity contribution >= 4 is 13.3 Å². The van der Waals surface area contributed by atoms with E-state index in [0.29, 0.717) is 5.54 Å². The number of hydrogen-bond acceptors (Lipinski definition) is 1. The largest absolute Gasteiger partial charge is 0.497 e. The van der Waals surface area contributed by atoms with Gasteiger partial charge in [0.25, 0.3) is 0 Å². The summed E-state index contributed by atoms with van der Waals surface area (Å²) in [5.41, 5.74) is 3.31. The predicted molar refractivity (Wildman–Crippen MR) is 95.6 cm³/mol. The molecule has 2 rings (SSSR count). The zero-order valence-electron chi connectivity index (χ0n) is 14.4. The molecular weight excluding hydrogens is 272 g/mol. The first-order valence-electron chi connectivity index (χ1n) is 7.72. The van der Waals surface area contributed by atoms with Crippen LogP contribution in [-0.4, -0.2) is 15.2 Å². The van der Waals surface area contributed by atoms with Gasteiger partial charge in [-0.1, -0.05) is 75.9 Å². The Morgan fingerprint density at radius 3 is 2.10 bits per heavy atom. The standard InChI is InChI=1S/C19H28OSi/c1-14-12-16(19(2,3)4)18(20-5)17(13-14)21(6,7)15-10-8-9-11-15/h8-13,15H,1-7H3. The van der Waals surface area contributed by atoms with Crippen molar-refractivity contribution in [2.24, 2.45) is 0 Å². The van der Waals surface area contributed by atoms with Crippen LogP contribution in [0.5, 0.6) is 5.75 Å². The highest BCUT2D eigenvalue weighted by molar-refractivity contribution is 6.92. The molecule has 0 aromatic heterocycles. The Labute approximate surface area is 130 Å². The van der Waals surface area contributed by atoms with Crippen LogP contribution in [0.2, 0.25) is 18.6 Å². The highest BCUT2D eigenvalue weighted by Crippen LogP contribution is 2.36. The predicted octanol–water partition coefficient (Wildman–Crippen LogP) is 4.71. The fourth-order valence-electron chi connectivity index (χ4n) is 3.12. The fraction of sp³-hybridized carbons (Fsp3) is 0.474. The highest BCUT2D eigenvalue weighted by Gasteiger charge is 2.36. The van der Waals surface area contributed by atoms with Crippen molar-refractivity contribution in [3.8, 4) is 5.75 Å². The van der Waals surface area contributed by atoms with E-state index in [1.54, 1.807) is 0 Å². The van der Waals surface area contributed by atoms with Gasteiger partial charge in [0.1, 0.15) is 5.75 Å². The molecule has 0 spiro atoms. The molecule has 0 heterocycles. The molecule has 0 N–H and O–H groups in total. The molecular formula is C19H28OSi. The second kappa shape index (κ2) is 5.49. The number of methoxy groups -OCH3 is 1. The van der Waals surface area contributed by atoms with E-state index >= 15 is 0 Å². The van der Waals surface area contributed by atoms with Crippen LogP contribution in [0.1, 0.15) is 31.9 Å². The van der Waals surface area contributed by atoms with Gasteiger partial charge in [-0.15, -0.1) is 0 Å². The second-order valence-electron chi connectivity index (χ2n) is 7.66. The van der Waals surface area contributed by atoms with Crippen LogP contribution in [0.3, 0.4) is 0 Å². The van der Waals surface area contributed by atoms with Gasteiger partial charge >= 0.3 is 0 Å². The van der Waals surface area contributed by atoms with E-state index < -0.39 is 8.07 Å². The summed E-state index contributed by atoms with van der Waals surface area (Å²) in [6.07, 6.45) is 9.02. The Morgan fingerprint density at radius 2 is 1.62 bits per heavy atom. The van der Waals surface area contributed by atoms with E-state index in [-0.39, 0.29) is 5.41 Å². The van der Waals surface area contributed by atoms with Gasteiger partial charge in [-0.05, 0) is 28.6 Å². The summed E-state index contributed by atoms with van der Waals surface area (Å²) in [5, 5.41) is 1.44. The molecule has 114 valence electrons. The van der Waals surface area contributed by atoms with Gasteiger partial charge in [0.2, 0.25) is 0 Å². The summed E-state index contributed by atoms with van der Waals surface area (Å²) in [6.45, 7) is 13.9. The molecule has 2 heteroatoms. The molecule has 0 saturated heterocycles. The molecule has 1 aromatic rings. The normalized spacial score (nSPS) is 15.8. The first kappa shape index (κ1) is 16.1. The topological polar surface area (TPSA) is 9.23 Å². The fourth-order valence-corrected chi connectivity index (χ4v) is 6.09. The molecule has 1 aromatic carbocycles. The third-order valence-corrected chi connectivity index (χ3v) is 8.33. The van der Waals surface area contributed by atoms with E-state index in [1.807, 2.05) is 7.11 Å². The molecule has 0 aliphatic heterocycles. The first-order chi connectivity index (χ1) is 9.67. The smallest absolute Gasteiger partial charge is 0.121 e. The molecule has 0 saturated carbocycles. The van der Waals surface area contributed by atoms with Gasteiger partial charge in [-0.25, -0.2) is 0 Å². The van der Waals surface area contributed by atoms with Crippen LogP contribution in [0.15, 0.2) is 36.4 Å². The van der Waals surface area contributed by atoms with Crippen molar-refractivity contribution in [3.63, 3.8) is 0 Å². The summed E-state index contributed by atoms with van der Waals surface area (Å²) in [5.74, 6) is 1.11. The summed E-state index contributed by atoms with van der Waals surface area (Å²) in [4.78, 5) is 0. The minimum atomic E-state index is -1.65. The molecule has 1 nitrogen and oxygen atoms in total. The van der Waals surface area contributed by atoms with Crippen molar-refractivity contribution in [3.05, 3.63) is 47.6 Å². The zero-order chi connectivity index (χ0) is 15.8. The van der Waals surface area contributed by atoms with Crippen molar-refractivity contribution in [2.45, 2.75) is 51.7 Å². The third kappa shape index (κ3) is 3.01. The number of benzene rings is 1. The van der Waals surface area contributed by atoms with Gasteiger partial charge in [0.05, 0.1) is 15.2 Å². The molecule has 0 fully saturated rings. The Kier molecular flexibility index (Phi) is 4.21. The van der Waals surface area contributed by atoms with Gasteiger partial charge in [-0.3, -0.25) is 0 Å². The molecule has 0 amide bonds. The number of hydrogen-bond donors (Lipinski definition) is 0. The molecule has 1 aliphatic rings. The lowest BCUT2D eigenvalue weighted by atomic mass is 9.85. The quantitative estimate of drug-likeness (QED) is 0.734. The lowest BCUT2D eigenvalue weighted by Gasteiger charge is -2.33. The van der Waals surface area contributed by atoms with Gasteiger partial charge in [0.15, 0.2) is 0 Å². The van der Waals surface area contributed by atoms with E-state index in [9.17, 15) is 0 Å². The van der Waals surface area contributed by atoms with Crippen LogP contribution in [0, 0.1) is 6.92 Å². The monoisotopic (exact) mass is 300 g/mol. The van der Waals surface area contributed by atoms with Crippen molar-refractivity contribution in [2.75, 3.05) is 7.11 Å². The van der Waals surface area contributed by atoms with Crippen LogP contribution in [0.25, 0.3) is 0 Å². The SMILES string of the molecule is COc1c(C(C)(C)C)cc(C)cc1[Si](C)(C)C1C=CC=C1. The molecule has 0 atom stereocenters. The lowest BCUT2D eigenvalue weighted by Crippen LogP contribution is -2.46. The van der Waals surface area contributed by atoms with Gasteiger partial charge in [-0.2, -0.15) is 0 Å². The van der Waals surface area contributed by atoms with Crippen LogP contribution in [-0.2, 0) is 5.41 Å². The summed E-state index contributed by atoms with van der Waals surface area (Å²) < 4.78 is 5.89. The summed E-state index contributed by atoms with van der Waals surface area (Å²) in [6, 6.07) is 4.63. The number of allylic oxidation sites excluding steroid dienone is 4. The molecule has 0 bridgehead atoms. The second-order valence-corrected chi connectivity index (χ2v) is 12.3. The minimum Gasteiger partial charge on any atom is -0.497 e. The average molecular weight is 301 g/mol. The third-order valence-electron chi connectivity index (χ3n) is 4.52. The molecule has 0 radical (unpaired) electrons. The first-order valence-corrected chi connectivity index (χ1v) is 10.8. The zero-order valence-corrected chi connectivity index (χ0v) is 15.4. The minimum absolute atomic E-state index is 0.0952. The van der Waals surface area contributed by atoms with Crippen molar-refractivity contribution in [1.82, 2.24) is 0 Å². The van der Waals surface area contributed by atoms with Crippen molar-refractivity contribution in [1.29, 1.82) is 0 Å². The number of rotatable bonds is 3. The van der Waals surface area contributed by atoms with E-state index in [1.165, 1.54) is 16.3 Å². The molecule has 0 unspecified atom stereocenters. The maximum absolute atomic E-state index is 5.89. The molecule has 21 heavy (non-hydrogen) atoms. The van der Waals surface area contributed by atoms with Gasteiger partial charge in [0, 0.05) is 0 Å².